The standard InChI is InChI=1S/C57H36N4/c1-5-17-37(18-6-1)41-29-31-52-48(33-41)49-34-42(38-19-7-2-8-20-38)30-32-53(49)61(52)43-35-50-46-27-14-13-25-44(46)45-26-15-16-28-47(45)54(50)51(36-43)57-59-55(39-21-9-3-10-22-39)58-56(60-57)40-23-11-4-12-24-40/h1-36H. The maximum Gasteiger partial charge on any atom is 0.164 e. The summed E-state index contributed by atoms with van der Waals surface area (Å²) in [5.41, 5.74) is 10.8. The molecule has 12 aromatic rings. The predicted molar refractivity (Wildman–Crippen MR) is 254 cm³/mol. The molecular formula is C57H36N4. The van der Waals surface area contributed by atoms with Crippen molar-refractivity contribution in [3.8, 4) is 62.1 Å². The smallest absolute Gasteiger partial charge is 0.164 e. The molecule has 4 nitrogen and oxygen atoms in total. The maximum absolute atomic E-state index is 5.34. The molecule has 61 heavy (non-hydrogen) atoms. The molecule has 12 rings (SSSR count). The Labute approximate surface area is 352 Å². The number of rotatable bonds is 6. The topological polar surface area (TPSA) is 43.6 Å². The highest BCUT2D eigenvalue weighted by atomic mass is 15.0. The second kappa shape index (κ2) is 14.3. The van der Waals surface area contributed by atoms with E-state index in [1.54, 1.807) is 0 Å². The Bertz CT molecular complexity index is 3460. The van der Waals surface area contributed by atoms with E-state index in [0.717, 1.165) is 49.6 Å². The van der Waals surface area contributed by atoms with Crippen molar-refractivity contribution in [2.24, 2.45) is 0 Å². The van der Waals surface area contributed by atoms with Crippen LogP contribution < -0.4 is 0 Å². The van der Waals surface area contributed by atoms with E-state index in [9.17, 15) is 0 Å². The lowest BCUT2D eigenvalue weighted by Crippen LogP contribution is -2.02. The summed E-state index contributed by atoms with van der Waals surface area (Å²) in [6, 6.07) is 77.7. The molecule has 0 saturated carbocycles. The van der Waals surface area contributed by atoms with Crippen LogP contribution in [0.25, 0.3) is 116 Å². The van der Waals surface area contributed by atoms with Gasteiger partial charge in [0, 0.05) is 38.5 Å². The molecule has 0 atom stereocenters. The van der Waals surface area contributed by atoms with E-state index in [4.69, 9.17) is 15.0 Å². The fourth-order valence-electron chi connectivity index (χ4n) is 9.17. The number of benzene rings is 10. The summed E-state index contributed by atoms with van der Waals surface area (Å²) >= 11 is 0. The Hall–Kier alpha value is -8.21. The fraction of sp³-hybridized carbons (Fsp3) is 0. The van der Waals surface area contributed by atoms with Crippen molar-refractivity contribution in [2.45, 2.75) is 0 Å². The van der Waals surface area contributed by atoms with Gasteiger partial charge in [-0.2, -0.15) is 0 Å². The van der Waals surface area contributed by atoms with Crippen LogP contribution in [0.5, 0.6) is 0 Å². The van der Waals surface area contributed by atoms with Gasteiger partial charge in [0.1, 0.15) is 0 Å². The number of hydrogen-bond acceptors (Lipinski definition) is 3. The van der Waals surface area contributed by atoms with Gasteiger partial charge in [-0.3, -0.25) is 0 Å². The molecule has 0 saturated heterocycles. The van der Waals surface area contributed by atoms with Gasteiger partial charge in [-0.05, 0) is 85.6 Å². The van der Waals surface area contributed by atoms with E-state index in [1.165, 1.54) is 49.2 Å². The zero-order valence-electron chi connectivity index (χ0n) is 33.1. The van der Waals surface area contributed by atoms with E-state index in [-0.39, 0.29) is 0 Å². The molecule has 2 heterocycles. The van der Waals surface area contributed by atoms with Gasteiger partial charge in [0.2, 0.25) is 0 Å². The minimum atomic E-state index is 0.624. The van der Waals surface area contributed by atoms with E-state index in [1.807, 2.05) is 36.4 Å². The lowest BCUT2D eigenvalue weighted by molar-refractivity contribution is 1.07. The Kier molecular flexibility index (Phi) is 8.13. The fourth-order valence-corrected chi connectivity index (χ4v) is 9.17. The summed E-state index contributed by atoms with van der Waals surface area (Å²) in [7, 11) is 0. The molecule has 284 valence electrons. The minimum absolute atomic E-state index is 0.624. The molecule has 4 heteroatoms. The molecule has 10 aromatic carbocycles. The SMILES string of the molecule is c1ccc(-c2ccc3c(c2)c2cc(-c4ccccc4)ccc2n3-c2cc(-c3nc(-c4ccccc4)nc(-c4ccccc4)n3)c3c4ccccc4c4ccccc4c3c2)cc1. The second-order valence-electron chi connectivity index (χ2n) is 15.6. The third-order valence-electron chi connectivity index (χ3n) is 12.0. The van der Waals surface area contributed by atoms with Gasteiger partial charge in [-0.25, -0.2) is 15.0 Å². The summed E-state index contributed by atoms with van der Waals surface area (Å²) < 4.78 is 2.43. The second-order valence-corrected chi connectivity index (χ2v) is 15.6. The number of aromatic nitrogens is 4. The minimum Gasteiger partial charge on any atom is -0.309 e. The van der Waals surface area contributed by atoms with Crippen molar-refractivity contribution in [1.82, 2.24) is 19.5 Å². The van der Waals surface area contributed by atoms with E-state index < -0.39 is 0 Å². The molecule has 0 aliphatic heterocycles. The Morgan fingerprint density at radius 3 is 1.15 bits per heavy atom. The van der Waals surface area contributed by atoms with E-state index in [2.05, 4.69) is 187 Å². The van der Waals surface area contributed by atoms with Gasteiger partial charge in [0.15, 0.2) is 17.5 Å². The third kappa shape index (κ3) is 5.88. The van der Waals surface area contributed by atoms with Gasteiger partial charge < -0.3 is 4.57 Å². The molecule has 0 amide bonds. The van der Waals surface area contributed by atoms with Crippen molar-refractivity contribution < 1.29 is 0 Å². The summed E-state index contributed by atoms with van der Waals surface area (Å²) in [5, 5.41) is 9.37. The largest absolute Gasteiger partial charge is 0.309 e. The van der Waals surface area contributed by atoms with Gasteiger partial charge in [-0.1, -0.05) is 182 Å². The maximum atomic E-state index is 5.34. The van der Waals surface area contributed by atoms with Crippen LogP contribution in [0.15, 0.2) is 218 Å². The van der Waals surface area contributed by atoms with Crippen LogP contribution in [0.2, 0.25) is 0 Å². The summed E-state index contributed by atoms with van der Waals surface area (Å²) in [6.45, 7) is 0. The lowest BCUT2D eigenvalue weighted by atomic mass is 9.91. The van der Waals surface area contributed by atoms with Gasteiger partial charge in [0.25, 0.3) is 0 Å². The molecule has 0 bridgehead atoms. The highest BCUT2D eigenvalue weighted by Gasteiger charge is 2.22. The van der Waals surface area contributed by atoms with Gasteiger partial charge >= 0.3 is 0 Å². The average molecular weight is 777 g/mol. The first-order valence-electron chi connectivity index (χ1n) is 20.7. The molecular weight excluding hydrogens is 741 g/mol. The number of hydrogen-bond donors (Lipinski definition) is 0. The van der Waals surface area contributed by atoms with Crippen LogP contribution in [0.3, 0.4) is 0 Å². The summed E-state index contributed by atoms with van der Waals surface area (Å²) in [6.07, 6.45) is 0. The Balaban J connectivity index is 1.21. The van der Waals surface area contributed by atoms with Crippen molar-refractivity contribution >= 4 is 54.1 Å². The van der Waals surface area contributed by atoms with Crippen LogP contribution in [-0.4, -0.2) is 19.5 Å². The van der Waals surface area contributed by atoms with Crippen LogP contribution in [0.4, 0.5) is 0 Å². The molecule has 0 aliphatic rings. The van der Waals surface area contributed by atoms with Crippen LogP contribution in [0.1, 0.15) is 0 Å². The molecule has 2 aromatic heterocycles. The molecule has 0 N–H and O–H groups in total. The van der Waals surface area contributed by atoms with Crippen LogP contribution in [0, 0.1) is 0 Å². The van der Waals surface area contributed by atoms with Gasteiger partial charge in [-0.15, -0.1) is 0 Å². The highest BCUT2D eigenvalue weighted by Crippen LogP contribution is 2.44. The van der Waals surface area contributed by atoms with E-state index >= 15 is 0 Å². The predicted octanol–water partition coefficient (Wildman–Crippen LogP) is 14.8. The van der Waals surface area contributed by atoms with Crippen LogP contribution in [-0.2, 0) is 0 Å². The first-order valence-corrected chi connectivity index (χ1v) is 20.7. The Morgan fingerprint density at radius 1 is 0.262 bits per heavy atom. The monoisotopic (exact) mass is 776 g/mol. The number of nitrogens with zero attached hydrogens (tertiary/aromatic N) is 4. The first-order chi connectivity index (χ1) is 30.2. The zero-order valence-corrected chi connectivity index (χ0v) is 33.1. The summed E-state index contributed by atoms with van der Waals surface area (Å²) in [5.74, 6) is 1.89. The van der Waals surface area contributed by atoms with Crippen molar-refractivity contribution in [3.05, 3.63) is 218 Å². The van der Waals surface area contributed by atoms with E-state index in [0.29, 0.717) is 17.5 Å². The molecule has 0 unspecified atom stereocenters. The number of fused-ring (bicyclic) bond motifs is 9. The Morgan fingerprint density at radius 2 is 0.656 bits per heavy atom. The molecule has 0 radical (unpaired) electrons. The molecule has 0 spiro atoms. The normalized spacial score (nSPS) is 11.6. The zero-order chi connectivity index (χ0) is 40.3. The van der Waals surface area contributed by atoms with Crippen molar-refractivity contribution in [2.75, 3.05) is 0 Å². The quantitative estimate of drug-likeness (QED) is 0.158. The van der Waals surface area contributed by atoms with Gasteiger partial charge in [0.05, 0.1) is 11.0 Å². The highest BCUT2D eigenvalue weighted by molar-refractivity contribution is 6.28. The van der Waals surface area contributed by atoms with Crippen molar-refractivity contribution in [1.29, 1.82) is 0 Å². The average Bonchev–Trinajstić information content (AvgIpc) is 3.67. The molecule has 0 aliphatic carbocycles. The van der Waals surface area contributed by atoms with Crippen LogP contribution >= 0.6 is 0 Å². The van der Waals surface area contributed by atoms with Crippen molar-refractivity contribution in [3.63, 3.8) is 0 Å². The first kappa shape index (κ1) is 34.8. The summed E-state index contributed by atoms with van der Waals surface area (Å²) in [4.78, 5) is 15.8. The lowest BCUT2D eigenvalue weighted by Gasteiger charge is -2.18. The molecule has 0 fully saturated rings. The third-order valence-corrected chi connectivity index (χ3v) is 12.0.